The average Bonchev–Trinajstić information content (AvgIpc) is 2.39. The van der Waals surface area contributed by atoms with E-state index in [0.717, 1.165) is 11.6 Å². The molecule has 2 rings (SSSR count). The lowest BCUT2D eigenvalue weighted by molar-refractivity contribution is 0.0940. The lowest BCUT2D eigenvalue weighted by Gasteiger charge is -2.15. The van der Waals surface area contributed by atoms with Gasteiger partial charge in [-0.2, -0.15) is 0 Å². The smallest absolute Gasteiger partial charge is 0.253 e. The molecule has 0 radical (unpaired) electrons. The third-order valence-electron chi connectivity index (χ3n) is 2.89. The highest BCUT2D eigenvalue weighted by atomic mass is 35.5. The van der Waals surface area contributed by atoms with Crippen molar-refractivity contribution in [2.45, 2.75) is 13.0 Å². The van der Waals surface area contributed by atoms with Gasteiger partial charge in [0.25, 0.3) is 5.91 Å². The number of carbonyl (C=O) groups excluding carboxylic acids is 1. The summed E-state index contributed by atoms with van der Waals surface area (Å²) in [5.41, 5.74) is 1.16. The highest BCUT2D eigenvalue weighted by molar-refractivity contribution is 6.33. The van der Waals surface area contributed by atoms with Crippen molar-refractivity contribution >= 4 is 29.1 Å². The van der Waals surface area contributed by atoms with Crippen LogP contribution in [0.1, 0.15) is 28.9 Å². The molecule has 5 heteroatoms. The van der Waals surface area contributed by atoms with Crippen LogP contribution in [-0.4, -0.2) is 5.91 Å². The van der Waals surface area contributed by atoms with Crippen LogP contribution in [0, 0.1) is 5.82 Å². The molecular weight excluding hydrogens is 300 g/mol. The second-order valence-electron chi connectivity index (χ2n) is 4.37. The fourth-order valence-corrected chi connectivity index (χ4v) is 2.16. The number of carbonyl (C=O) groups is 1. The highest BCUT2D eigenvalue weighted by Crippen LogP contribution is 2.20. The van der Waals surface area contributed by atoms with Gasteiger partial charge in [-0.05, 0) is 42.8 Å². The van der Waals surface area contributed by atoms with E-state index >= 15 is 0 Å². The first-order valence-electron chi connectivity index (χ1n) is 5.99. The number of nitrogens with one attached hydrogen (secondary N) is 1. The zero-order valence-electron chi connectivity index (χ0n) is 10.7. The molecule has 2 aromatic carbocycles. The maximum Gasteiger partial charge on any atom is 0.253 e. The number of rotatable bonds is 3. The Kier molecular flexibility index (Phi) is 4.63. The van der Waals surface area contributed by atoms with E-state index < -0.39 is 5.82 Å². The van der Waals surface area contributed by atoms with E-state index in [0.29, 0.717) is 5.02 Å². The molecule has 0 saturated heterocycles. The van der Waals surface area contributed by atoms with Gasteiger partial charge in [0.2, 0.25) is 0 Å². The molecule has 0 heterocycles. The normalized spacial score (nSPS) is 12.0. The standard InChI is InChI=1S/C15H12Cl2FNO/c1-9(10-2-4-11(16)5-3-10)19-15(20)13-7-6-12(18)8-14(13)17/h2-9H,1H3,(H,19,20). The number of hydrogen-bond donors (Lipinski definition) is 1. The van der Waals surface area contributed by atoms with E-state index in [9.17, 15) is 9.18 Å². The summed E-state index contributed by atoms with van der Waals surface area (Å²) in [7, 11) is 0. The number of hydrogen-bond acceptors (Lipinski definition) is 1. The first kappa shape index (κ1) is 14.8. The molecule has 1 atom stereocenters. The average molecular weight is 312 g/mol. The molecular formula is C15H12Cl2FNO. The summed E-state index contributed by atoms with van der Waals surface area (Å²) in [6, 6.07) is 10.6. The maximum atomic E-state index is 12.9. The van der Waals surface area contributed by atoms with Crippen LogP contribution >= 0.6 is 23.2 Å². The molecule has 0 saturated carbocycles. The quantitative estimate of drug-likeness (QED) is 0.880. The minimum Gasteiger partial charge on any atom is -0.345 e. The predicted octanol–water partition coefficient (Wildman–Crippen LogP) is 4.62. The van der Waals surface area contributed by atoms with Gasteiger partial charge in [-0.1, -0.05) is 35.3 Å². The Labute approximate surface area is 126 Å². The van der Waals surface area contributed by atoms with Crippen LogP contribution in [0.3, 0.4) is 0 Å². The Morgan fingerprint density at radius 3 is 2.40 bits per heavy atom. The summed E-state index contributed by atoms with van der Waals surface area (Å²) in [5.74, 6) is -0.824. The van der Waals surface area contributed by atoms with Crippen LogP contribution in [0.25, 0.3) is 0 Å². The lowest BCUT2D eigenvalue weighted by Crippen LogP contribution is -2.26. The van der Waals surface area contributed by atoms with Crippen LogP contribution in [0.5, 0.6) is 0 Å². The Hall–Kier alpha value is -1.58. The minimum atomic E-state index is -0.475. The van der Waals surface area contributed by atoms with Gasteiger partial charge in [0.15, 0.2) is 0 Å². The predicted molar refractivity (Wildman–Crippen MR) is 78.7 cm³/mol. The minimum absolute atomic E-state index is 0.0887. The third kappa shape index (κ3) is 3.50. The fraction of sp³-hybridized carbons (Fsp3) is 0.133. The molecule has 2 aromatic rings. The van der Waals surface area contributed by atoms with Crippen molar-refractivity contribution in [3.63, 3.8) is 0 Å². The molecule has 20 heavy (non-hydrogen) atoms. The molecule has 1 amide bonds. The largest absolute Gasteiger partial charge is 0.345 e. The van der Waals surface area contributed by atoms with Crippen molar-refractivity contribution in [2.75, 3.05) is 0 Å². The monoisotopic (exact) mass is 311 g/mol. The Morgan fingerprint density at radius 2 is 1.80 bits per heavy atom. The summed E-state index contributed by atoms with van der Waals surface area (Å²) in [5, 5.41) is 3.53. The van der Waals surface area contributed by atoms with E-state index in [1.807, 2.05) is 19.1 Å². The maximum absolute atomic E-state index is 12.9. The van der Waals surface area contributed by atoms with Crippen molar-refractivity contribution in [3.05, 3.63) is 69.5 Å². The molecule has 0 fully saturated rings. The zero-order valence-corrected chi connectivity index (χ0v) is 12.2. The fourth-order valence-electron chi connectivity index (χ4n) is 1.78. The first-order chi connectivity index (χ1) is 9.47. The summed E-state index contributed by atoms with van der Waals surface area (Å²) >= 11 is 11.7. The molecule has 1 N–H and O–H groups in total. The van der Waals surface area contributed by atoms with Gasteiger partial charge in [-0.15, -0.1) is 0 Å². The van der Waals surface area contributed by atoms with Gasteiger partial charge in [0.05, 0.1) is 16.6 Å². The topological polar surface area (TPSA) is 29.1 Å². The first-order valence-corrected chi connectivity index (χ1v) is 6.74. The molecule has 0 aromatic heterocycles. The van der Waals surface area contributed by atoms with Gasteiger partial charge >= 0.3 is 0 Å². The number of benzene rings is 2. The number of halogens is 3. The van der Waals surface area contributed by atoms with Gasteiger partial charge < -0.3 is 5.32 Å². The molecule has 104 valence electrons. The second kappa shape index (κ2) is 6.25. The van der Waals surface area contributed by atoms with Gasteiger partial charge in [-0.3, -0.25) is 4.79 Å². The molecule has 0 aliphatic carbocycles. The van der Waals surface area contributed by atoms with Crippen molar-refractivity contribution in [2.24, 2.45) is 0 Å². The Bertz CT molecular complexity index is 628. The molecule has 0 aliphatic rings. The molecule has 2 nitrogen and oxygen atoms in total. The third-order valence-corrected chi connectivity index (χ3v) is 3.46. The van der Waals surface area contributed by atoms with Crippen molar-refractivity contribution in [1.29, 1.82) is 0 Å². The highest BCUT2D eigenvalue weighted by Gasteiger charge is 2.14. The van der Waals surface area contributed by atoms with Crippen LogP contribution in [-0.2, 0) is 0 Å². The Balaban J connectivity index is 2.13. The van der Waals surface area contributed by atoms with Crippen molar-refractivity contribution in [3.8, 4) is 0 Å². The van der Waals surface area contributed by atoms with Crippen molar-refractivity contribution in [1.82, 2.24) is 5.32 Å². The van der Waals surface area contributed by atoms with Gasteiger partial charge in [0, 0.05) is 5.02 Å². The van der Waals surface area contributed by atoms with Crippen LogP contribution in [0.4, 0.5) is 4.39 Å². The van der Waals surface area contributed by atoms with Crippen LogP contribution < -0.4 is 5.32 Å². The van der Waals surface area contributed by atoms with E-state index in [-0.39, 0.29) is 22.5 Å². The molecule has 0 bridgehead atoms. The summed E-state index contributed by atoms with van der Waals surface area (Å²) < 4.78 is 12.9. The lowest BCUT2D eigenvalue weighted by atomic mass is 10.1. The molecule has 1 unspecified atom stereocenters. The SMILES string of the molecule is CC(NC(=O)c1ccc(F)cc1Cl)c1ccc(Cl)cc1. The Morgan fingerprint density at radius 1 is 1.15 bits per heavy atom. The van der Waals surface area contributed by atoms with E-state index in [1.54, 1.807) is 12.1 Å². The summed E-state index contributed by atoms with van der Waals surface area (Å²) in [6.07, 6.45) is 0. The van der Waals surface area contributed by atoms with E-state index in [2.05, 4.69) is 5.32 Å². The summed E-state index contributed by atoms with van der Waals surface area (Å²) in [4.78, 5) is 12.1. The molecule has 0 spiro atoms. The second-order valence-corrected chi connectivity index (χ2v) is 5.21. The molecule has 0 aliphatic heterocycles. The van der Waals surface area contributed by atoms with E-state index in [4.69, 9.17) is 23.2 Å². The van der Waals surface area contributed by atoms with Crippen LogP contribution in [0.2, 0.25) is 10.0 Å². The number of amides is 1. The van der Waals surface area contributed by atoms with Gasteiger partial charge in [0.1, 0.15) is 5.82 Å². The van der Waals surface area contributed by atoms with Crippen LogP contribution in [0.15, 0.2) is 42.5 Å². The van der Waals surface area contributed by atoms with E-state index in [1.165, 1.54) is 12.1 Å². The van der Waals surface area contributed by atoms with Gasteiger partial charge in [-0.25, -0.2) is 4.39 Å². The van der Waals surface area contributed by atoms with Crippen molar-refractivity contribution < 1.29 is 9.18 Å². The zero-order chi connectivity index (χ0) is 14.7. The summed E-state index contributed by atoms with van der Waals surface area (Å²) in [6.45, 7) is 1.85.